The second kappa shape index (κ2) is 8.18. The van der Waals surface area contributed by atoms with Crippen molar-refractivity contribution in [1.82, 2.24) is 10.1 Å². The Morgan fingerprint density at radius 2 is 1.86 bits per heavy atom. The molecule has 3 aromatic heterocycles. The van der Waals surface area contributed by atoms with Gasteiger partial charge < -0.3 is 13.8 Å². The number of benzene rings is 1. The summed E-state index contributed by atoms with van der Waals surface area (Å²) in [5, 5.41) is 4.07. The quantitative estimate of drug-likeness (QED) is 0.464. The first kappa shape index (κ1) is 17.5. The highest BCUT2D eigenvalue weighted by Gasteiger charge is 2.17. The number of nitrogens with zero attached hydrogens (tertiary/aromatic N) is 3. The van der Waals surface area contributed by atoms with Crippen LogP contribution in [0.1, 0.15) is 11.4 Å². The number of rotatable bonds is 6. The molecule has 6 heteroatoms. The fourth-order valence-electron chi connectivity index (χ4n) is 2.71. The van der Waals surface area contributed by atoms with Crippen LogP contribution >= 0.6 is 0 Å². The molecule has 3 heterocycles. The van der Waals surface area contributed by atoms with E-state index in [-0.39, 0.29) is 12.5 Å². The third-order valence-electron chi connectivity index (χ3n) is 4.06. The fraction of sp³-hybridized carbons (Fsp3) is 0.0455. The number of amides is 1. The van der Waals surface area contributed by atoms with Crippen molar-refractivity contribution in [2.45, 2.75) is 6.54 Å². The van der Waals surface area contributed by atoms with Gasteiger partial charge in [-0.3, -0.25) is 9.78 Å². The highest BCUT2D eigenvalue weighted by molar-refractivity contribution is 6.03. The number of aromatic nitrogens is 2. The van der Waals surface area contributed by atoms with Gasteiger partial charge in [-0.05, 0) is 42.5 Å². The lowest BCUT2D eigenvalue weighted by molar-refractivity contribution is -0.114. The first-order valence-electron chi connectivity index (χ1n) is 8.75. The van der Waals surface area contributed by atoms with Gasteiger partial charge >= 0.3 is 0 Å². The molecule has 0 spiro atoms. The third kappa shape index (κ3) is 4.07. The Labute approximate surface area is 161 Å². The molecule has 6 nitrogen and oxygen atoms in total. The molecule has 1 amide bonds. The monoisotopic (exact) mass is 371 g/mol. The van der Waals surface area contributed by atoms with E-state index in [4.69, 9.17) is 8.94 Å². The lowest BCUT2D eigenvalue weighted by atomic mass is 10.2. The van der Waals surface area contributed by atoms with Gasteiger partial charge in [0.1, 0.15) is 5.69 Å². The second-order valence-electron chi connectivity index (χ2n) is 6.01. The minimum atomic E-state index is -0.181. The molecule has 4 rings (SSSR count). The van der Waals surface area contributed by atoms with Crippen molar-refractivity contribution in [1.29, 1.82) is 0 Å². The highest BCUT2D eigenvalue weighted by atomic mass is 16.5. The second-order valence-corrected chi connectivity index (χ2v) is 6.01. The van der Waals surface area contributed by atoms with Crippen molar-refractivity contribution in [2.75, 3.05) is 4.90 Å². The summed E-state index contributed by atoms with van der Waals surface area (Å²) < 4.78 is 10.7. The van der Waals surface area contributed by atoms with E-state index in [1.54, 1.807) is 41.6 Å². The summed E-state index contributed by atoms with van der Waals surface area (Å²) in [4.78, 5) is 18.7. The number of furan rings is 1. The van der Waals surface area contributed by atoms with E-state index in [0.29, 0.717) is 22.9 Å². The van der Waals surface area contributed by atoms with E-state index in [0.717, 1.165) is 5.69 Å². The van der Waals surface area contributed by atoms with Crippen molar-refractivity contribution < 1.29 is 13.7 Å². The van der Waals surface area contributed by atoms with Crippen molar-refractivity contribution in [3.63, 3.8) is 0 Å². The van der Waals surface area contributed by atoms with Crippen molar-refractivity contribution in [3.8, 4) is 11.5 Å². The molecule has 28 heavy (non-hydrogen) atoms. The Morgan fingerprint density at radius 3 is 2.61 bits per heavy atom. The van der Waals surface area contributed by atoms with E-state index < -0.39 is 0 Å². The van der Waals surface area contributed by atoms with E-state index >= 15 is 0 Å². The summed E-state index contributed by atoms with van der Waals surface area (Å²) in [6.07, 6.45) is 6.45. The number of para-hydroxylation sites is 1. The predicted molar refractivity (Wildman–Crippen MR) is 105 cm³/mol. The van der Waals surface area contributed by atoms with Gasteiger partial charge in [0, 0.05) is 24.0 Å². The molecular formula is C22H17N3O3. The molecular weight excluding hydrogens is 354 g/mol. The van der Waals surface area contributed by atoms with E-state index in [9.17, 15) is 4.79 Å². The minimum absolute atomic E-state index is 0.181. The SMILES string of the molecule is O=C(C=Cc1ccccn1)N(Cc1cc(-c2ccco2)on1)c1ccccc1. The Kier molecular flexibility index (Phi) is 5.11. The first-order chi connectivity index (χ1) is 13.8. The number of carbonyl (C=O) groups is 1. The third-order valence-corrected chi connectivity index (χ3v) is 4.06. The van der Waals surface area contributed by atoms with E-state index in [1.165, 1.54) is 6.08 Å². The van der Waals surface area contributed by atoms with Crippen LogP contribution in [-0.4, -0.2) is 16.0 Å². The summed E-state index contributed by atoms with van der Waals surface area (Å²) in [7, 11) is 0. The average molecular weight is 371 g/mol. The van der Waals surface area contributed by atoms with Crippen molar-refractivity contribution in [3.05, 3.63) is 96.7 Å². The number of anilines is 1. The minimum Gasteiger partial charge on any atom is -0.461 e. The van der Waals surface area contributed by atoms with Crippen LogP contribution in [0.3, 0.4) is 0 Å². The van der Waals surface area contributed by atoms with Crippen LogP contribution in [0.25, 0.3) is 17.6 Å². The zero-order valence-corrected chi connectivity index (χ0v) is 14.9. The van der Waals surface area contributed by atoms with Gasteiger partial charge in [0.15, 0.2) is 5.76 Å². The molecule has 138 valence electrons. The molecule has 0 unspecified atom stereocenters. The maximum atomic E-state index is 12.9. The molecule has 0 saturated heterocycles. The predicted octanol–water partition coefficient (Wildman–Crippen LogP) is 4.58. The average Bonchev–Trinajstić information content (AvgIpc) is 3.43. The van der Waals surface area contributed by atoms with E-state index in [1.807, 2.05) is 48.5 Å². The highest BCUT2D eigenvalue weighted by Crippen LogP contribution is 2.23. The zero-order chi connectivity index (χ0) is 19.2. The largest absolute Gasteiger partial charge is 0.461 e. The van der Waals surface area contributed by atoms with Crippen molar-refractivity contribution in [2.24, 2.45) is 0 Å². The first-order valence-corrected chi connectivity index (χ1v) is 8.75. The maximum Gasteiger partial charge on any atom is 0.251 e. The van der Waals surface area contributed by atoms with Crippen LogP contribution in [-0.2, 0) is 11.3 Å². The molecule has 1 aromatic carbocycles. The summed E-state index contributed by atoms with van der Waals surface area (Å²) in [6, 6.07) is 20.3. The number of hydrogen-bond acceptors (Lipinski definition) is 5. The Bertz CT molecular complexity index is 1050. The van der Waals surface area contributed by atoms with Crippen LogP contribution in [0.15, 0.2) is 94.2 Å². The fourth-order valence-corrected chi connectivity index (χ4v) is 2.71. The molecule has 0 N–H and O–H groups in total. The molecule has 0 aliphatic heterocycles. The molecule has 0 fully saturated rings. The van der Waals surface area contributed by atoms with Gasteiger partial charge in [0.2, 0.25) is 5.76 Å². The summed E-state index contributed by atoms with van der Waals surface area (Å²) in [5.74, 6) is 0.926. The smallest absolute Gasteiger partial charge is 0.251 e. The van der Waals surface area contributed by atoms with Gasteiger partial charge in [-0.2, -0.15) is 0 Å². The van der Waals surface area contributed by atoms with Crippen LogP contribution in [0.4, 0.5) is 5.69 Å². The van der Waals surface area contributed by atoms with Gasteiger partial charge in [0.25, 0.3) is 5.91 Å². The van der Waals surface area contributed by atoms with Gasteiger partial charge in [-0.15, -0.1) is 0 Å². The Hall–Kier alpha value is -3.93. The molecule has 0 radical (unpaired) electrons. The summed E-state index contributed by atoms with van der Waals surface area (Å²) in [5.41, 5.74) is 2.10. The standard InChI is InChI=1S/C22H17N3O3/c26-22(12-11-17-7-4-5-13-23-17)25(19-8-2-1-3-9-19)16-18-15-21(28-24-18)20-10-6-14-27-20/h1-15H,16H2. The lowest BCUT2D eigenvalue weighted by Crippen LogP contribution is -2.28. The molecule has 0 atom stereocenters. The molecule has 4 aromatic rings. The molecule has 0 bridgehead atoms. The summed E-state index contributed by atoms with van der Waals surface area (Å²) in [6.45, 7) is 0.264. The van der Waals surface area contributed by atoms with Crippen LogP contribution in [0.5, 0.6) is 0 Å². The topological polar surface area (TPSA) is 72.4 Å². The molecule has 0 aliphatic carbocycles. The van der Waals surface area contributed by atoms with Crippen LogP contribution in [0.2, 0.25) is 0 Å². The summed E-state index contributed by atoms with van der Waals surface area (Å²) >= 11 is 0. The van der Waals surface area contributed by atoms with Crippen molar-refractivity contribution >= 4 is 17.7 Å². The van der Waals surface area contributed by atoms with Crippen LogP contribution in [0, 0.1) is 0 Å². The van der Waals surface area contributed by atoms with Crippen LogP contribution < -0.4 is 4.90 Å². The Morgan fingerprint density at radius 1 is 1.00 bits per heavy atom. The maximum absolute atomic E-state index is 12.9. The lowest BCUT2D eigenvalue weighted by Gasteiger charge is -2.20. The molecule has 0 aliphatic rings. The normalized spacial score (nSPS) is 11.0. The van der Waals surface area contributed by atoms with Gasteiger partial charge in [-0.25, -0.2) is 0 Å². The van der Waals surface area contributed by atoms with E-state index in [2.05, 4.69) is 10.1 Å². The number of hydrogen-bond donors (Lipinski definition) is 0. The number of pyridine rings is 1. The zero-order valence-electron chi connectivity index (χ0n) is 14.9. The Balaban J connectivity index is 1.57. The van der Waals surface area contributed by atoms with Gasteiger partial charge in [-0.1, -0.05) is 29.4 Å². The van der Waals surface area contributed by atoms with Gasteiger partial charge in [0.05, 0.1) is 18.5 Å². The number of carbonyl (C=O) groups excluding carboxylic acids is 1. The molecule has 0 saturated carbocycles.